The number of amides is 1. The van der Waals surface area contributed by atoms with E-state index in [0.29, 0.717) is 6.54 Å². The average Bonchev–Trinajstić information content (AvgIpc) is 2.89. The van der Waals surface area contributed by atoms with E-state index in [4.69, 9.17) is 0 Å². The van der Waals surface area contributed by atoms with E-state index in [2.05, 4.69) is 27.6 Å². The Morgan fingerprint density at radius 2 is 2.45 bits per heavy atom. The van der Waals surface area contributed by atoms with E-state index in [1.807, 2.05) is 30.3 Å². The molecule has 0 spiro atoms. The lowest BCUT2D eigenvalue weighted by molar-refractivity contribution is -0.132. The van der Waals surface area contributed by atoms with E-state index in [1.54, 1.807) is 11.3 Å². The Morgan fingerprint density at radius 1 is 1.55 bits per heavy atom. The molecule has 0 saturated heterocycles. The van der Waals surface area contributed by atoms with Crippen LogP contribution in [-0.4, -0.2) is 30.9 Å². The van der Waals surface area contributed by atoms with Gasteiger partial charge >= 0.3 is 0 Å². The summed E-state index contributed by atoms with van der Waals surface area (Å²) in [7, 11) is 1.85. The molecular weight excluding hydrogens is 272 g/mol. The maximum absolute atomic E-state index is 12.7. The average molecular weight is 290 g/mol. The molecule has 1 aromatic heterocycles. The summed E-state index contributed by atoms with van der Waals surface area (Å²) in [5.74, 6) is 0.144. The maximum atomic E-state index is 12.7. The normalized spacial score (nSPS) is 21.6. The zero-order valence-corrected chi connectivity index (χ0v) is 12.2. The number of allylic oxidation sites excluding steroid dienone is 2. The van der Waals surface area contributed by atoms with Crippen molar-refractivity contribution in [2.45, 2.75) is 12.5 Å². The molecule has 106 valence electrons. The summed E-state index contributed by atoms with van der Waals surface area (Å²) in [4.78, 5) is 15.8. The van der Waals surface area contributed by atoms with Crippen molar-refractivity contribution in [2.75, 3.05) is 20.1 Å². The van der Waals surface area contributed by atoms with E-state index in [1.165, 1.54) is 5.56 Å². The van der Waals surface area contributed by atoms with Crippen LogP contribution in [0.5, 0.6) is 0 Å². The predicted molar refractivity (Wildman–Crippen MR) is 79.9 cm³/mol. The first-order valence-corrected chi connectivity index (χ1v) is 7.57. The lowest BCUT2D eigenvalue weighted by Gasteiger charge is -2.26. The zero-order chi connectivity index (χ0) is 13.9. The van der Waals surface area contributed by atoms with Gasteiger partial charge in [-0.2, -0.15) is 0 Å². The first kappa shape index (κ1) is 13.2. The Hall–Kier alpha value is -1.79. The molecule has 0 aliphatic carbocycles. The van der Waals surface area contributed by atoms with Gasteiger partial charge in [0, 0.05) is 17.6 Å². The van der Waals surface area contributed by atoms with Crippen molar-refractivity contribution in [2.24, 2.45) is 0 Å². The Kier molecular flexibility index (Phi) is 3.75. The van der Waals surface area contributed by atoms with Gasteiger partial charge in [-0.3, -0.25) is 4.79 Å². The third-order valence-corrected chi connectivity index (χ3v) is 4.64. The molecule has 0 fully saturated rings. The molecule has 1 atom stereocenters. The minimum absolute atomic E-state index is 0.144. The van der Waals surface area contributed by atoms with Crippen molar-refractivity contribution in [3.63, 3.8) is 0 Å². The fraction of sp³-hybridized carbons (Fsp3) is 0.357. The summed E-state index contributed by atoms with van der Waals surface area (Å²) < 4.78 is 0. The highest BCUT2D eigenvalue weighted by molar-refractivity contribution is 7.10. The Bertz CT molecular complexity index is 563. The number of likely N-dealkylation sites (N-methyl/N-ethyl adjacent to an activating group) is 1. The number of hydrogen-bond donors (Lipinski definition) is 3. The Labute approximate surface area is 122 Å². The molecule has 1 aromatic rings. The first-order valence-electron chi connectivity index (χ1n) is 6.69. The molecule has 0 aromatic carbocycles. The summed E-state index contributed by atoms with van der Waals surface area (Å²) in [6.45, 7) is 1.35. The number of nitrogens with zero attached hydrogens (tertiary/aromatic N) is 1. The number of nitrogens with one attached hydrogen (secondary N) is 3. The Balaban J connectivity index is 1.80. The van der Waals surface area contributed by atoms with Crippen LogP contribution in [0.15, 0.2) is 35.5 Å². The van der Waals surface area contributed by atoms with E-state index in [9.17, 15) is 4.79 Å². The van der Waals surface area contributed by atoms with E-state index >= 15 is 0 Å². The van der Waals surface area contributed by atoms with Crippen molar-refractivity contribution < 1.29 is 4.79 Å². The molecule has 0 radical (unpaired) electrons. The number of hydrogen-bond acceptors (Lipinski definition) is 5. The van der Waals surface area contributed by atoms with Crippen LogP contribution in [0.3, 0.4) is 0 Å². The second-order valence-corrected chi connectivity index (χ2v) is 5.81. The van der Waals surface area contributed by atoms with Crippen molar-refractivity contribution >= 4 is 17.2 Å². The quantitative estimate of drug-likeness (QED) is 0.774. The highest BCUT2D eigenvalue weighted by Crippen LogP contribution is 2.29. The van der Waals surface area contributed by atoms with E-state index < -0.39 is 0 Å². The maximum Gasteiger partial charge on any atom is 0.245 e. The SMILES string of the molecule is CNC1C(=O)N(CC2=CC=CNN2)CCc2ccsc21. The van der Waals surface area contributed by atoms with E-state index in [-0.39, 0.29) is 11.9 Å². The van der Waals surface area contributed by atoms with Gasteiger partial charge in [-0.25, -0.2) is 0 Å². The number of thiophene rings is 1. The minimum Gasteiger partial charge on any atom is -0.335 e. The van der Waals surface area contributed by atoms with Gasteiger partial charge in [-0.1, -0.05) is 0 Å². The van der Waals surface area contributed by atoms with Crippen LogP contribution < -0.4 is 16.2 Å². The predicted octanol–water partition coefficient (Wildman–Crippen LogP) is 0.899. The lowest BCUT2D eigenvalue weighted by Crippen LogP contribution is -2.43. The summed E-state index contributed by atoms with van der Waals surface area (Å²) in [6, 6.07) is 1.91. The van der Waals surface area contributed by atoms with E-state index in [0.717, 1.165) is 23.5 Å². The van der Waals surface area contributed by atoms with Gasteiger partial charge < -0.3 is 21.1 Å². The molecule has 20 heavy (non-hydrogen) atoms. The molecular formula is C14H18N4OS. The molecule has 1 amide bonds. The van der Waals surface area contributed by atoms with Crippen molar-refractivity contribution in [3.05, 3.63) is 45.9 Å². The highest BCUT2D eigenvalue weighted by atomic mass is 32.1. The molecule has 2 aliphatic rings. The molecule has 0 saturated carbocycles. The third-order valence-electron chi connectivity index (χ3n) is 3.61. The fourth-order valence-electron chi connectivity index (χ4n) is 2.57. The van der Waals surface area contributed by atoms with Gasteiger partial charge in [0.15, 0.2) is 0 Å². The standard InChI is InChI=1S/C14H18N4OS/c1-15-12-13-10(5-8-20-13)4-7-18(14(12)19)9-11-3-2-6-16-17-11/h2-3,5-6,8,12,15-17H,4,7,9H2,1H3. The van der Waals surface area contributed by atoms with Gasteiger partial charge in [0.1, 0.15) is 6.04 Å². The third kappa shape index (κ3) is 2.44. The molecule has 2 aliphatic heterocycles. The number of carbonyl (C=O) groups is 1. The van der Waals surface area contributed by atoms with Crippen LogP contribution in [0.2, 0.25) is 0 Å². The molecule has 3 rings (SSSR count). The van der Waals surface area contributed by atoms with Crippen LogP contribution in [0.4, 0.5) is 0 Å². The van der Waals surface area contributed by atoms with Gasteiger partial charge in [0.25, 0.3) is 0 Å². The highest BCUT2D eigenvalue weighted by Gasteiger charge is 2.31. The van der Waals surface area contributed by atoms with Crippen LogP contribution in [-0.2, 0) is 11.2 Å². The summed E-state index contributed by atoms with van der Waals surface area (Å²) >= 11 is 1.66. The first-order chi connectivity index (χ1) is 9.79. The monoisotopic (exact) mass is 290 g/mol. The second kappa shape index (κ2) is 5.68. The van der Waals surface area contributed by atoms with Gasteiger partial charge in [0.05, 0.1) is 12.2 Å². The molecule has 5 nitrogen and oxygen atoms in total. The van der Waals surface area contributed by atoms with Crippen molar-refractivity contribution in [3.8, 4) is 0 Å². The molecule has 6 heteroatoms. The van der Waals surface area contributed by atoms with Crippen LogP contribution in [0.25, 0.3) is 0 Å². The van der Waals surface area contributed by atoms with Gasteiger partial charge in [0.2, 0.25) is 5.91 Å². The van der Waals surface area contributed by atoms with Crippen LogP contribution >= 0.6 is 11.3 Å². The number of fused-ring (bicyclic) bond motifs is 1. The number of hydrazine groups is 1. The fourth-order valence-corrected chi connectivity index (χ4v) is 3.62. The van der Waals surface area contributed by atoms with Gasteiger partial charge in [-0.15, -0.1) is 11.3 Å². The largest absolute Gasteiger partial charge is 0.335 e. The number of rotatable bonds is 3. The van der Waals surface area contributed by atoms with Crippen molar-refractivity contribution in [1.82, 2.24) is 21.1 Å². The Morgan fingerprint density at radius 3 is 3.20 bits per heavy atom. The van der Waals surface area contributed by atoms with Gasteiger partial charge in [-0.05, 0) is 42.6 Å². The minimum atomic E-state index is -0.222. The van der Waals surface area contributed by atoms with Crippen LogP contribution in [0, 0.1) is 0 Å². The summed E-state index contributed by atoms with van der Waals surface area (Å²) in [5.41, 5.74) is 8.30. The lowest BCUT2D eigenvalue weighted by atomic mass is 10.1. The smallest absolute Gasteiger partial charge is 0.245 e. The van der Waals surface area contributed by atoms with Crippen LogP contribution in [0.1, 0.15) is 16.5 Å². The topological polar surface area (TPSA) is 56.4 Å². The molecule has 3 heterocycles. The molecule has 0 bridgehead atoms. The number of carbonyl (C=O) groups excluding carboxylic acids is 1. The molecule has 3 N–H and O–H groups in total. The molecule has 1 unspecified atom stereocenters. The summed E-state index contributed by atoms with van der Waals surface area (Å²) in [6.07, 6.45) is 6.65. The zero-order valence-electron chi connectivity index (χ0n) is 11.3. The van der Waals surface area contributed by atoms with Crippen molar-refractivity contribution in [1.29, 1.82) is 0 Å². The second-order valence-electron chi connectivity index (χ2n) is 4.86. The summed E-state index contributed by atoms with van der Waals surface area (Å²) in [5, 5.41) is 5.22.